The van der Waals surface area contributed by atoms with Gasteiger partial charge in [-0.1, -0.05) is 43.3 Å². The highest BCUT2D eigenvalue weighted by atomic mass is 32.1. The molecule has 4 N–H and O–H groups in total. The molecule has 0 radical (unpaired) electrons. The Bertz CT molecular complexity index is 1320. The lowest BCUT2D eigenvalue weighted by atomic mass is 9.80. The maximum absolute atomic E-state index is 13.4. The number of hydrogen-bond acceptors (Lipinski definition) is 8. The number of benzene rings is 2. The molecule has 3 aromatic rings. The maximum Gasteiger partial charge on any atom is 0.337 e. The first-order valence-electron chi connectivity index (χ1n) is 11.4. The number of H-pyrrole nitrogens is 1. The molecule has 1 unspecified atom stereocenters. The van der Waals surface area contributed by atoms with Crippen molar-refractivity contribution in [3.8, 4) is 11.5 Å². The van der Waals surface area contributed by atoms with Crippen LogP contribution in [-0.4, -0.2) is 36.3 Å². The van der Waals surface area contributed by atoms with Crippen LogP contribution in [0.2, 0.25) is 0 Å². The fourth-order valence-electron chi connectivity index (χ4n) is 4.15. The van der Waals surface area contributed by atoms with Gasteiger partial charge in [0.05, 0.1) is 37.5 Å². The van der Waals surface area contributed by atoms with Gasteiger partial charge in [-0.25, -0.2) is 9.78 Å². The van der Waals surface area contributed by atoms with Crippen molar-refractivity contribution in [1.82, 2.24) is 9.97 Å². The number of esters is 1. The highest BCUT2D eigenvalue weighted by molar-refractivity contribution is 7.71. The lowest BCUT2D eigenvalue weighted by Gasteiger charge is -2.31. The largest absolute Gasteiger partial charge is 0.493 e. The Morgan fingerprint density at radius 1 is 1.14 bits per heavy atom. The summed E-state index contributed by atoms with van der Waals surface area (Å²) in [5, 5.41) is 3.30. The van der Waals surface area contributed by atoms with E-state index in [-0.39, 0.29) is 11.4 Å². The molecule has 182 valence electrons. The van der Waals surface area contributed by atoms with Crippen molar-refractivity contribution in [3.05, 3.63) is 75.6 Å². The van der Waals surface area contributed by atoms with E-state index in [1.54, 1.807) is 14.0 Å². The molecule has 2 aromatic carbocycles. The predicted molar refractivity (Wildman–Crippen MR) is 138 cm³/mol. The summed E-state index contributed by atoms with van der Waals surface area (Å²) in [6.07, 6.45) is 0.865. The van der Waals surface area contributed by atoms with Crippen LogP contribution in [0.3, 0.4) is 0 Å². The van der Waals surface area contributed by atoms with E-state index in [2.05, 4.69) is 15.3 Å². The molecule has 0 bridgehead atoms. The molecule has 1 aromatic heterocycles. The molecule has 0 fully saturated rings. The van der Waals surface area contributed by atoms with E-state index in [0.717, 1.165) is 17.5 Å². The number of rotatable bonds is 8. The number of carbonyl (C=O) groups is 1. The van der Waals surface area contributed by atoms with Crippen molar-refractivity contribution in [2.75, 3.05) is 31.4 Å². The minimum absolute atomic E-state index is 0.224. The maximum atomic E-state index is 13.4. The standard InChI is InChI=1S/C26H28N4O4S/c1-4-13-34-17-12-11-16(14-18(17)32-3)19-20(25(31)33-5-2)22(15-9-7-6-8-10-15)28-24-21(19)23(27)29-26(35)30-24/h6-12,14,19H,4-5,13H2,1-3H3,(H4,27,28,29,30,35). The van der Waals surface area contributed by atoms with Crippen molar-refractivity contribution >= 4 is 35.5 Å². The number of fused-ring (bicyclic) bond motifs is 1. The molecule has 8 nitrogen and oxygen atoms in total. The van der Waals surface area contributed by atoms with E-state index >= 15 is 0 Å². The molecule has 1 aliphatic heterocycles. The quantitative estimate of drug-likeness (QED) is 0.296. The molecule has 9 heteroatoms. The number of carbonyl (C=O) groups excluding carboxylic acids is 1. The van der Waals surface area contributed by atoms with E-state index in [9.17, 15) is 4.79 Å². The van der Waals surface area contributed by atoms with Gasteiger partial charge in [0.2, 0.25) is 0 Å². The summed E-state index contributed by atoms with van der Waals surface area (Å²) >= 11 is 5.28. The molecular weight excluding hydrogens is 464 g/mol. The number of nitrogens with one attached hydrogen (secondary N) is 2. The molecule has 4 rings (SSSR count). The molecule has 0 saturated carbocycles. The van der Waals surface area contributed by atoms with E-state index in [0.29, 0.717) is 46.6 Å². The Balaban J connectivity index is 2.00. The summed E-state index contributed by atoms with van der Waals surface area (Å²) in [7, 11) is 1.58. The third kappa shape index (κ3) is 4.85. The van der Waals surface area contributed by atoms with Crippen LogP contribution in [0.25, 0.3) is 5.70 Å². The second-order valence-corrected chi connectivity index (χ2v) is 8.30. The minimum atomic E-state index is -0.603. The monoisotopic (exact) mass is 492 g/mol. The second kappa shape index (κ2) is 10.6. The molecule has 0 saturated heterocycles. The zero-order valence-electron chi connectivity index (χ0n) is 19.9. The summed E-state index contributed by atoms with van der Waals surface area (Å²) in [5.41, 5.74) is 9.59. The summed E-state index contributed by atoms with van der Waals surface area (Å²) in [6, 6.07) is 15.1. The van der Waals surface area contributed by atoms with Gasteiger partial charge in [0.1, 0.15) is 11.6 Å². The number of aromatic nitrogens is 2. The van der Waals surface area contributed by atoms with Crippen molar-refractivity contribution in [2.45, 2.75) is 26.2 Å². The van der Waals surface area contributed by atoms with Gasteiger partial charge in [-0.2, -0.15) is 0 Å². The lowest BCUT2D eigenvalue weighted by molar-refractivity contribution is -0.138. The van der Waals surface area contributed by atoms with E-state index < -0.39 is 11.9 Å². The Kier molecular flexibility index (Phi) is 7.36. The van der Waals surface area contributed by atoms with Crippen LogP contribution in [0, 0.1) is 4.77 Å². The van der Waals surface area contributed by atoms with Gasteiger partial charge in [-0.3, -0.25) is 0 Å². The van der Waals surface area contributed by atoms with Crippen LogP contribution in [0.5, 0.6) is 11.5 Å². The van der Waals surface area contributed by atoms with Gasteiger partial charge in [-0.15, -0.1) is 0 Å². The number of anilines is 2. The van der Waals surface area contributed by atoms with Crippen molar-refractivity contribution in [2.24, 2.45) is 0 Å². The molecule has 0 aliphatic carbocycles. The first-order chi connectivity index (χ1) is 17.0. The fourth-order valence-corrected chi connectivity index (χ4v) is 4.35. The second-order valence-electron chi connectivity index (χ2n) is 7.91. The van der Waals surface area contributed by atoms with Gasteiger partial charge < -0.3 is 30.2 Å². The molecule has 1 atom stereocenters. The minimum Gasteiger partial charge on any atom is -0.493 e. The zero-order chi connectivity index (χ0) is 24.9. The fraction of sp³-hybridized carbons (Fsp3) is 0.269. The molecule has 0 spiro atoms. The third-order valence-corrected chi connectivity index (χ3v) is 5.82. The van der Waals surface area contributed by atoms with Crippen LogP contribution in [-0.2, 0) is 9.53 Å². The van der Waals surface area contributed by atoms with Gasteiger partial charge in [0.15, 0.2) is 16.3 Å². The van der Waals surface area contributed by atoms with Crippen molar-refractivity contribution in [1.29, 1.82) is 0 Å². The van der Waals surface area contributed by atoms with Gasteiger partial charge in [0, 0.05) is 5.56 Å². The number of methoxy groups -OCH3 is 1. The highest BCUT2D eigenvalue weighted by Gasteiger charge is 2.38. The summed E-state index contributed by atoms with van der Waals surface area (Å²) in [5.74, 6) is 0.910. The SMILES string of the molecule is CCCOc1ccc(C2C(C(=O)OCC)=C(c3ccccc3)Nc3nc(=S)[nH]c(N)c32)cc1OC. The van der Waals surface area contributed by atoms with Crippen molar-refractivity contribution in [3.63, 3.8) is 0 Å². The average Bonchev–Trinajstić information content (AvgIpc) is 2.86. The number of aromatic amines is 1. The number of nitrogens with zero attached hydrogens (tertiary/aromatic N) is 1. The van der Waals surface area contributed by atoms with Gasteiger partial charge in [-0.05, 0) is 48.8 Å². The van der Waals surface area contributed by atoms with E-state index in [4.69, 9.17) is 32.2 Å². The number of hydrogen-bond donors (Lipinski definition) is 3. The van der Waals surface area contributed by atoms with Crippen LogP contribution in [0.1, 0.15) is 42.9 Å². The average molecular weight is 493 g/mol. The van der Waals surface area contributed by atoms with E-state index in [1.807, 2.05) is 55.5 Å². The molecule has 2 heterocycles. The molecule has 1 aliphatic rings. The predicted octanol–water partition coefficient (Wildman–Crippen LogP) is 5.05. The number of ether oxygens (including phenoxy) is 3. The van der Waals surface area contributed by atoms with Crippen molar-refractivity contribution < 1.29 is 19.0 Å². The van der Waals surface area contributed by atoms with Crippen LogP contribution in [0.4, 0.5) is 11.6 Å². The topological polar surface area (TPSA) is 111 Å². The Morgan fingerprint density at radius 2 is 1.91 bits per heavy atom. The number of nitrogen functional groups attached to an aromatic ring is 1. The Hall–Kier alpha value is -3.85. The van der Waals surface area contributed by atoms with Crippen LogP contribution in [0.15, 0.2) is 54.1 Å². The summed E-state index contributed by atoms with van der Waals surface area (Å²) < 4.78 is 17.2. The summed E-state index contributed by atoms with van der Waals surface area (Å²) in [4.78, 5) is 20.9. The van der Waals surface area contributed by atoms with Gasteiger partial charge in [0.25, 0.3) is 0 Å². The first-order valence-corrected chi connectivity index (χ1v) is 11.8. The molecule has 0 amide bonds. The van der Waals surface area contributed by atoms with Crippen LogP contribution < -0.4 is 20.5 Å². The number of nitrogens with two attached hydrogens (primary N) is 1. The van der Waals surface area contributed by atoms with Crippen LogP contribution >= 0.6 is 12.2 Å². The van der Waals surface area contributed by atoms with Gasteiger partial charge >= 0.3 is 5.97 Å². The normalized spacial score (nSPS) is 14.7. The molecule has 35 heavy (non-hydrogen) atoms. The summed E-state index contributed by atoms with van der Waals surface area (Å²) in [6.45, 7) is 4.59. The Morgan fingerprint density at radius 3 is 2.60 bits per heavy atom. The third-order valence-electron chi connectivity index (χ3n) is 5.63. The van der Waals surface area contributed by atoms with E-state index in [1.165, 1.54) is 0 Å². The smallest absolute Gasteiger partial charge is 0.337 e. The highest BCUT2D eigenvalue weighted by Crippen LogP contribution is 2.47. The lowest BCUT2D eigenvalue weighted by Crippen LogP contribution is -2.27. The first kappa shape index (κ1) is 24.3. The Labute approximate surface area is 209 Å². The molecular formula is C26H28N4O4S. The zero-order valence-corrected chi connectivity index (χ0v) is 20.7.